The summed E-state index contributed by atoms with van der Waals surface area (Å²) >= 11 is 1.35. The van der Waals surface area contributed by atoms with E-state index < -0.39 is 0 Å². The first-order chi connectivity index (χ1) is 14.5. The molecule has 0 radical (unpaired) electrons. The standard InChI is InChI=1S/C23H27N3O3.W/c1-18(2)29-20-10-9-19-17-28-15-7-6-13-26-14-12-24-22(26)8-4-3-5-11-25-23(27)21(19)16-20;/h3-5,9-12,14,16,18H,6-7,13,15,17H2,1-2H3,(H,25,27);. The van der Waals surface area contributed by atoms with E-state index in [-0.39, 0.29) is 12.0 Å². The second kappa shape index (κ2) is 11.2. The fourth-order valence-electron chi connectivity index (χ4n) is 3.10. The van der Waals surface area contributed by atoms with Gasteiger partial charge in [-0.2, -0.15) is 0 Å². The van der Waals surface area contributed by atoms with E-state index in [9.17, 15) is 4.79 Å². The third-order valence-corrected chi connectivity index (χ3v) is 5.64. The van der Waals surface area contributed by atoms with Crippen LogP contribution in [-0.2, 0) is 37.2 Å². The molecule has 1 amide bonds. The average Bonchev–Trinajstić information content (AvgIpc) is 3.18. The molecule has 1 aliphatic rings. The molecule has 1 aliphatic heterocycles. The zero-order valence-corrected chi connectivity index (χ0v) is 20.3. The van der Waals surface area contributed by atoms with Crippen LogP contribution in [0.1, 0.15) is 48.4 Å². The van der Waals surface area contributed by atoms with Crippen LogP contribution < -0.4 is 10.1 Å². The predicted molar refractivity (Wildman–Crippen MR) is 113 cm³/mol. The minimum atomic E-state index is -0.182. The van der Waals surface area contributed by atoms with Crippen molar-refractivity contribution in [1.82, 2.24) is 14.9 Å². The first kappa shape index (κ1) is 22.4. The number of fused-ring (bicyclic) bond motifs is 2. The number of hydrogen-bond acceptors (Lipinski definition) is 4. The Labute approximate surface area is 188 Å². The summed E-state index contributed by atoms with van der Waals surface area (Å²) in [7, 11) is 0. The van der Waals surface area contributed by atoms with Crippen molar-refractivity contribution in [2.45, 2.75) is 45.9 Å². The molecule has 0 saturated heterocycles. The van der Waals surface area contributed by atoms with Crippen molar-refractivity contribution in [3.63, 3.8) is 0 Å². The third-order valence-electron chi connectivity index (χ3n) is 4.50. The van der Waals surface area contributed by atoms with Crippen LogP contribution in [0.2, 0.25) is 0 Å². The van der Waals surface area contributed by atoms with E-state index >= 15 is 0 Å². The number of aryl methyl sites for hydroxylation is 1. The van der Waals surface area contributed by atoms with Gasteiger partial charge in [-0.25, -0.2) is 0 Å². The molecule has 158 valence electrons. The normalized spacial score (nSPS) is 16.0. The SMILES string of the molecule is CC(C)Oc1ccc2c(c1)C(=O)NC=CC=C[C](=[W])c1nccn1CCCCOC2. The van der Waals surface area contributed by atoms with Crippen molar-refractivity contribution < 1.29 is 33.6 Å². The Kier molecular flexibility index (Phi) is 8.35. The van der Waals surface area contributed by atoms with Gasteiger partial charge in [0.1, 0.15) is 0 Å². The molecule has 2 heterocycles. The van der Waals surface area contributed by atoms with Crippen LogP contribution in [0.3, 0.4) is 0 Å². The monoisotopic (exact) mass is 577 g/mol. The number of carbonyl (C=O) groups is 1. The van der Waals surface area contributed by atoms with Gasteiger partial charge in [0.15, 0.2) is 0 Å². The molecule has 3 rings (SSSR count). The van der Waals surface area contributed by atoms with E-state index in [1.807, 2.05) is 56.6 Å². The van der Waals surface area contributed by atoms with Crippen molar-refractivity contribution in [3.05, 3.63) is 72.0 Å². The van der Waals surface area contributed by atoms with Crippen molar-refractivity contribution in [2.75, 3.05) is 6.61 Å². The Morgan fingerprint density at radius 2 is 2.13 bits per heavy atom. The van der Waals surface area contributed by atoms with Gasteiger partial charge >= 0.3 is 175 Å². The number of amides is 1. The van der Waals surface area contributed by atoms with Crippen LogP contribution >= 0.6 is 0 Å². The van der Waals surface area contributed by atoms with Crippen LogP contribution in [0.4, 0.5) is 0 Å². The Morgan fingerprint density at radius 3 is 2.97 bits per heavy atom. The molecular weight excluding hydrogens is 550 g/mol. The van der Waals surface area contributed by atoms with Gasteiger partial charge in [-0.3, -0.25) is 0 Å². The number of nitrogens with zero attached hydrogens (tertiary/aromatic N) is 2. The van der Waals surface area contributed by atoms with E-state index in [1.54, 1.807) is 12.3 Å². The van der Waals surface area contributed by atoms with E-state index in [0.717, 1.165) is 34.7 Å². The number of carbonyl (C=O) groups excluding carboxylic acids is 1. The Balaban J connectivity index is 1.80. The van der Waals surface area contributed by atoms with Crippen molar-refractivity contribution in [2.24, 2.45) is 0 Å². The fourth-order valence-corrected chi connectivity index (χ4v) is 3.99. The summed E-state index contributed by atoms with van der Waals surface area (Å²) in [6.45, 7) is 5.87. The maximum atomic E-state index is 12.8. The number of ether oxygens (including phenoxy) is 2. The molecule has 0 saturated carbocycles. The van der Waals surface area contributed by atoms with Gasteiger partial charge in [-0.15, -0.1) is 0 Å². The molecule has 1 N–H and O–H groups in total. The summed E-state index contributed by atoms with van der Waals surface area (Å²) in [6.07, 6.45) is 13.3. The first-order valence-corrected chi connectivity index (χ1v) is 11.6. The van der Waals surface area contributed by atoms with Gasteiger partial charge in [-0.05, 0) is 13.8 Å². The van der Waals surface area contributed by atoms with Crippen LogP contribution in [0, 0.1) is 0 Å². The summed E-state index contributed by atoms with van der Waals surface area (Å²) < 4.78 is 15.0. The first-order valence-electron chi connectivity index (χ1n) is 10.1. The van der Waals surface area contributed by atoms with Crippen LogP contribution in [0.5, 0.6) is 5.75 Å². The molecule has 1 aromatic heterocycles. The van der Waals surface area contributed by atoms with Crippen LogP contribution in [-0.4, -0.2) is 32.1 Å². The van der Waals surface area contributed by atoms with Gasteiger partial charge in [0.25, 0.3) is 0 Å². The van der Waals surface area contributed by atoms with E-state index in [1.165, 1.54) is 19.4 Å². The van der Waals surface area contributed by atoms with E-state index in [0.29, 0.717) is 24.5 Å². The number of nitrogens with one attached hydrogen (secondary N) is 1. The molecule has 7 heteroatoms. The number of imidazole rings is 1. The number of hydrogen-bond donors (Lipinski definition) is 1. The summed E-state index contributed by atoms with van der Waals surface area (Å²) in [4.78, 5) is 17.3. The molecule has 0 aliphatic carbocycles. The second-order valence-corrected chi connectivity index (χ2v) is 8.83. The van der Waals surface area contributed by atoms with Crippen molar-refractivity contribution in [3.8, 4) is 5.75 Å². The van der Waals surface area contributed by atoms with E-state index in [2.05, 4.69) is 14.9 Å². The van der Waals surface area contributed by atoms with Crippen LogP contribution in [0.25, 0.3) is 0 Å². The molecule has 6 nitrogen and oxygen atoms in total. The molecular formula is C23H27N3O3W. The second-order valence-electron chi connectivity index (χ2n) is 7.25. The molecule has 2 aromatic rings. The van der Waals surface area contributed by atoms with Gasteiger partial charge in [-0.1, -0.05) is 0 Å². The maximum absolute atomic E-state index is 12.8. The van der Waals surface area contributed by atoms with Crippen molar-refractivity contribution in [1.29, 1.82) is 0 Å². The molecule has 0 bridgehead atoms. The minimum absolute atomic E-state index is 0.0406. The summed E-state index contributed by atoms with van der Waals surface area (Å²) in [5.74, 6) is 1.49. The van der Waals surface area contributed by atoms with E-state index in [4.69, 9.17) is 9.47 Å². The third kappa shape index (κ3) is 6.35. The molecule has 1 aromatic carbocycles. The molecule has 0 atom stereocenters. The number of benzene rings is 1. The summed E-state index contributed by atoms with van der Waals surface area (Å²) in [5.41, 5.74) is 1.42. The van der Waals surface area contributed by atoms with Gasteiger partial charge in [0.05, 0.1) is 0 Å². The Bertz CT molecular complexity index is 947. The fraction of sp³-hybridized carbons (Fsp3) is 0.348. The molecule has 0 fully saturated rings. The van der Waals surface area contributed by atoms with Crippen LogP contribution in [0.15, 0.2) is 55.0 Å². The van der Waals surface area contributed by atoms with Gasteiger partial charge < -0.3 is 0 Å². The zero-order valence-electron chi connectivity index (χ0n) is 17.3. The van der Waals surface area contributed by atoms with Gasteiger partial charge in [0.2, 0.25) is 0 Å². The van der Waals surface area contributed by atoms with Gasteiger partial charge in [0, 0.05) is 0 Å². The topological polar surface area (TPSA) is 65.4 Å². The molecule has 0 spiro atoms. The number of allylic oxidation sites excluding steroid dienone is 3. The summed E-state index contributed by atoms with van der Waals surface area (Å²) in [5, 5.41) is 2.84. The Morgan fingerprint density at radius 1 is 1.27 bits per heavy atom. The Hall–Kier alpha value is -2.30. The molecule has 0 unspecified atom stereocenters. The quantitative estimate of drug-likeness (QED) is 0.594. The zero-order chi connectivity index (χ0) is 21.3. The number of aromatic nitrogens is 2. The molecule has 30 heavy (non-hydrogen) atoms. The average molecular weight is 577 g/mol. The van der Waals surface area contributed by atoms with Crippen molar-refractivity contribution >= 4 is 9.81 Å². The summed E-state index contributed by atoms with van der Waals surface area (Å²) in [6, 6.07) is 5.58. The predicted octanol–water partition coefficient (Wildman–Crippen LogP) is 3.55. The number of rotatable bonds is 2.